The smallest absolute Gasteiger partial charge is 0.314 e. The second-order valence-electron chi connectivity index (χ2n) is 6.37. The maximum atomic E-state index is 13.9. The van der Waals surface area contributed by atoms with E-state index in [9.17, 15) is 22.0 Å². The van der Waals surface area contributed by atoms with Crippen molar-refractivity contribution in [3.05, 3.63) is 57.0 Å². The molecule has 0 aliphatic carbocycles. The Kier molecular flexibility index (Phi) is 6.70. The first-order chi connectivity index (χ1) is 13.6. The molecule has 0 atom stereocenters. The number of rotatable bonds is 4. The molecule has 1 fully saturated rings. The van der Waals surface area contributed by atoms with Crippen molar-refractivity contribution in [1.82, 2.24) is 4.31 Å². The van der Waals surface area contributed by atoms with Gasteiger partial charge in [-0.1, -0.05) is 34.8 Å². The highest BCUT2D eigenvalue weighted by Gasteiger charge is 2.35. The molecular formula is C18H14Cl3F2NO4S. The SMILES string of the molecule is O=C(Oc1c(Cl)cc(Cl)cc1Cl)C1CCN(S(=O)(=O)c2cc(F)ccc2F)CC1. The first-order valence-corrected chi connectivity index (χ1v) is 11.0. The van der Waals surface area contributed by atoms with Gasteiger partial charge >= 0.3 is 5.97 Å². The molecule has 5 nitrogen and oxygen atoms in total. The lowest BCUT2D eigenvalue weighted by Gasteiger charge is -2.30. The summed E-state index contributed by atoms with van der Waals surface area (Å²) in [4.78, 5) is 11.7. The molecule has 1 heterocycles. The minimum absolute atomic E-state index is 0.0281. The lowest BCUT2D eigenvalue weighted by atomic mass is 9.98. The number of piperidine rings is 1. The van der Waals surface area contributed by atoms with Crippen LogP contribution in [0.3, 0.4) is 0 Å². The third-order valence-electron chi connectivity index (χ3n) is 4.46. The second kappa shape index (κ2) is 8.73. The lowest BCUT2D eigenvalue weighted by Crippen LogP contribution is -2.41. The van der Waals surface area contributed by atoms with E-state index in [1.165, 1.54) is 12.1 Å². The number of carbonyl (C=O) groups excluding carboxylic acids is 1. The summed E-state index contributed by atoms with van der Waals surface area (Å²) in [5, 5.41) is 0.415. The number of benzene rings is 2. The van der Waals surface area contributed by atoms with Crippen LogP contribution in [-0.4, -0.2) is 31.8 Å². The molecule has 0 spiro atoms. The van der Waals surface area contributed by atoms with Gasteiger partial charge in [0.25, 0.3) is 0 Å². The molecule has 1 aliphatic heterocycles. The first kappa shape index (κ1) is 22.2. The Bertz CT molecular complexity index is 1030. The van der Waals surface area contributed by atoms with Gasteiger partial charge in [0.15, 0.2) is 5.75 Å². The molecule has 11 heteroatoms. The number of sulfonamides is 1. The summed E-state index contributed by atoms with van der Waals surface area (Å²) in [6.07, 6.45) is 0.273. The highest BCUT2D eigenvalue weighted by Crippen LogP contribution is 2.37. The van der Waals surface area contributed by atoms with Crippen LogP contribution >= 0.6 is 34.8 Å². The van der Waals surface area contributed by atoms with Crippen LogP contribution in [0.25, 0.3) is 0 Å². The predicted molar refractivity (Wildman–Crippen MR) is 105 cm³/mol. The average molecular weight is 485 g/mol. The van der Waals surface area contributed by atoms with E-state index in [2.05, 4.69) is 0 Å². The third kappa shape index (κ3) is 4.83. The molecule has 1 saturated heterocycles. The van der Waals surface area contributed by atoms with Gasteiger partial charge in [-0.15, -0.1) is 0 Å². The van der Waals surface area contributed by atoms with E-state index in [0.29, 0.717) is 6.07 Å². The summed E-state index contributed by atoms with van der Waals surface area (Å²) in [6, 6.07) is 4.98. The molecule has 29 heavy (non-hydrogen) atoms. The summed E-state index contributed by atoms with van der Waals surface area (Å²) in [6.45, 7) is -0.111. The van der Waals surface area contributed by atoms with Crippen LogP contribution in [0.4, 0.5) is 8.78 Å². The van der Waals surface area contributed by atoms with Crippen molar-refractivity contribution in [3.8, 4) is 5.75 Å². The molecule has 0 aromatic heterocycles. The van der Waals surface area contributed by atoms with Crippen molar-refractivity contribution in [1.29, 1.82) is 0 Å². The number of esters is 1. The van der Waals surface area contributed by atoms with Crippen LogP contribution in [0.5, 0.6) is 5.75 Å². The fourth-order valence-electron chi connectivity index (χ4n) is 2.96. The minimum Gasteiger partial charge on any atom is -0.423 e. The molecule has 0 radical (unpaired) electrons. The van der Waals surface area contributed by atoms with Gasteiger partial charge < -0.3 is 4.74 Å². The van der Waals surface area contributed by atoms with E-state index in [1.807, 2.05) is 0 Å². The zero-order valence-corrected chi connectivity index (χ0v) is 17.8. The minimum atomic E-state index is -4.23. The summed E-state index contributed by atoms with van der Waals surface area (Å²) >= 11 is 17.8. The van der Waals surface area contributed by atoms with Gasteiger partial charge in [-0.25, -0.2) is 17.2 Å². The van der Waals surface area contributed by atoms with Gasteiger partial charge in [0.1, 0.15) is 16.5 Å². The Morgan fingerprint density at radius 2 is 1.62 bits per heavy atom. The Morgan fingerprint density at radius 3 is 2.21 bits per heavy atom. The van der Waals surface area contributed by atoms with Crippen LogP contribution in [0, 0.1) is 17.6 Å². The number of nitrogens with zero attached hydrogens (tertiary/aromatic N) is 1. The first-order valence-electron chi connectivity index (χ1n) is 8.41. The normalized spacial score (nSPS) is 16.0. The van der Waals surface area contributed by atoms with Crippen molar-refractivity contribution in [2.24, 2.45) is 5.92 Å². The summed E-state index contributed by atoms with van der Waals surface area (Å²) < 4.78 is 58.8. The van der Waals surface area contributed by atoms with Crippen molar-refractivity contribution in [2.45, 2.75) is 17.7 Å². The summed E-state index contributed by atoms with van der Waals surface area (Å²) in [7, 11) is -4.23. The Labute approximate surface area is 181 Å². The molecule has 1 aliphatic rings. The number of halogens is 5. The van der Waals surface area contributed by atoms with E-state index >= 15 is 0 Å². The van der Waals surface area contributed by atoms with Crippen LogP contribution in [0.1, 0.15) is 12.8 Å². The van der Waals surface area contributed by atoms with E-state index < -0.39 is 38.4 Å². The van der Waals surface area contributed by atoms with Crippen LogP contribution in [-0.2, 0) is 14.8 Å². The van der Waals surface area contributed by atoms with E-state index in [-0.39, 0.29) is 46.7 Å². The Balaban J connectivity index is 1.69. The maximum Gasteiger partial charge on any atom is 0.314 e. The van der Waals surface area contributed by atoms with Gasteiger partial charge in [-0.2, -0.15) is 4.31 Å². The monoisotopic (exact) mass is 483 g/mol. The fourth-order valence-corrected chi connectivity index (χ4v) is 5.40. The molecular weight excluding hydrogens is 471 g/mol. The Hall–Kier alpha value is -1.45. The van der Waals surface area contributed by atoms with Crippen molar-refractivity contribution in [3.63, 3.8) is 0 Å². The molecule has 0 bridgehead atoms. The average Bonchev–Trinajstić information content (AvgIpc) is 2.66. The number of hydrogen-bond acceptors (Lipinski definition) is 4. The molecule has 3 rings (SSSR count). The molecule has 0 saturated carbocycles. The largest absolute Gasteiger partial charge is 0.423 e. The van der Waals surface area contributed by atoms with Crippen molar-refractivity contribution in [2.75, 3.05) is 13.1 Å². The van der Waals surface area contributed by atoms with Gasteiger partial charge in [0, 0.05) is 18.1 Å². The number of carbonyl (C=O) groups is 1. The zero-order chi connectivity index (χ0) is 21.3. The number of ether oxygens (including phenoxy) is 1. The lowest BCUT2D eigenvalue weighted by molar-refractivity contribution is -0.140. The van der Waals surface area contributed by atoms with E-state index in [1.54, 1.807) is 0 Å². The van der Waals surface area contributed by atoms with E-state index in [4.69, 9.17) is 39.5 Å². The van der Waals surface area contributed by atoms with Crippen molar-refractivity contribution < 1.29 is 26.7 Å². The molecule has 2 aromatic rings. The summed E-state index contributed by atoms with van der Waals surface area (Å²) in [5.41, 5.74) is 0. The maximum absolute atomic E-state index is 13.9. The third-order valence-corrected chi connectivity index (χ3v) is 7.16. The predicted octanol–water partition coefficient (Wildman–Crippen LogP) is 4.93. The molecule has 0 N–H and O–H groups in total. The zero-order valence-electron chi connectivity index (χ0n) is 14.7. The van der Waals surface area contributed by atoms with Crippen molar-refractivity contribution >= 4 is 50.8 Å². The fraction of sp³-hybridized carbons (Fsp3) is 0.278. The molecule has 156 valence electrons. The standard InChI is InChI=1S/C18H14Cl3F2NO4S/c19-11-7-13(20)17(14(21)8-11)28-18(25)10-3-5-24(6-4-10)29(26,27)16-9-12(22)1-2-15(16)23/h1-2,7-10H,3-6H2. The molecule has 0 amide bonds. The van der Waals surface area contributed by atoms with Crippen LogP contribution in [0.2, 0.25) is 15.1 Å². The topological polar surface area (TPSA) is 63.7 Å². The van der Waals surface area contributed by atoms with Gasteiger partial charge in [0.2, 0.25) is 10.0 Å². The molecule has 0 unspecified atom stereocenters. The molecule has 2 aromatic carbocycles. The van der Waals surface area contributed by atoms with Gasteiger partial charge in [-0.05, 0) is 43.2 Å². The summed E-state index contributed by atoms with van der Waals surface area (Å²) in [5.74, 6) is -3.16. The number of hydrogen-bond donors (Lipinski definition) is 0. The Morgan fingerprint density at radius 1 is 1.03 bits per heavy atom. The van der Waals surface area contributed by atoms with Gasteiger partial charge in [0.05, 0.1) is 16.0 Å². The van der Waals surface area contributed by atoms with E-state index in [0.717, 1.165) is 16.4 Å². The quantitative estimate of drug-likeness (QED) is 0.456. The second-order valence-corrected chi connectivity index (χ2v) is 9.53. The van der Waals surface area contributed by atoms with Crippen LogP contribution < -0.4 is 4.74 Å². The highest BCUT2D eigenvalue weighted by atomic mass is 35.5. The van der Waals surface area contributed by atoms with Gasteiger partial charge in [-0.3, -0.25) is 4.79 Å². The van der Waals surface area contributed by atoms with Crippen LogP contribution in [0.15, 0.2) is 35.2 Å². The highest BCUT2D eigenvalue weighted by molar-refractivity contribution is 7.89.